The van der Waals surface area contributed by atoms with Gasteiger partial charge in [0.2, 0.25) is 5.91 Å². The van der Waals surface area contributed by atoms with Gasteiger partial charge in [0.25, 0.3) is 5.91 Å². The Morgan fingerprint density at radius 1 is 1.08 bits per heavy atom. The fraction of sp³-hybridized carbons (Fsp3) is 0.600. The molecule has 6 nitrogen and oxygen atoms in total. The van der Waals surface area contributed by atoms with E-state index in [0.717, 1.165) is 12.8 Å². The molecule has 0 aliphatic heterocycles. The van der Waals surface area contributed by atoms with Crippen LogP contribution in [0.15, 0.2) is 18.2 Å². The molecule has 1 fully saturated rings. The number of rotatable bonds is 7. The van der Waals surface area contributed by atoms with Crippen LogP contribution in [0.3, 0.4) is 0 Å². The van der Waals surface area contributed by atoms with Gasteiger partial charge in [-0.1, -0.05) is 31.7 Å². The minimum atomic E-state index is -0.260. The molecule has 6 heteroatoms. The van der Waals surface area contributed by atoms with E-state index < -0.39 is 0 Å². The maximum atomic E-state index is 12.6. The molecule has 0 saturated heterocycles. The van der Waals surface area contributed by atoms with Crippen LogP contribution in [0.4, 0.5) is 0 Å². The predicted molar refractivity (Wildman–Crippen MR) is 101 cm³/mol. The predicted octanol–water partition coefficient (Wildman–Crippen LogP) is 3.00. The van der Waals surface area contributed by atoms with Crippen molar-refractivity contribution in [3.05, 3.63) is 23.8 Å². The fourth-order valence-electron chi connectivity index (χ4n) is 3.62. The molecular formula is C20H30N2O4. The van der Waals surface area contributed by atoms with Crippen molar-refractivity contribution in [3.8, 4) is 11.5 Å². The highest BCUT2D eigenvalue weighted by molar-refractivity contribution is 5.99. The molecule has 0 radical (unpaired) electrons. The maximum Gasteiger partial charge on any atom is 0.258 e. The van der Waals surface area contributed by atoms with E-state index >= 15 is 0 Å². The van der Waals surface area contributed by atoms with E-state index in [1.807, 2.05) is 4.90 Å². The Morgan fingerprint density at radius 3 is 2.15 bits per heavy atom. The first kappa shape index (κ1) is 20.1. The summed E-state index contributed by atoms with van der Waals surface area (Å²) in [6.45, 7) is 2.52. The highest BCUT2D eigenvalue weighted by Crippen LogP contribution is 2.28. The summed E-state index contributed by atoms with van der Waals surface area (Å²) in [6.07, 6.45) is 6.92. The molecule has 1 N–H and O–H groups in total. The highest BCUT2D eigenvalue weighted by atomic mass is 16.5. The first-order valence-electron chi connectivity index (χ1n) is 9.35. The van der Waals surface area contributed by atoms with E-state index in [-0.39, 0.29) is 17.9 Å². The van der Waals surface area contributed by atoms with Crippen molar-refractivity contribution in [2.24, 2.45) is 0 Å². The SMILES string of the molecule is COc1cccc(OC)c1C(=O)NCCN(C(C)=O)C1CCCCCC1. The summed E-state index contributed by atoms with van der Waals surface area (Å²) in [7, 11) is 3.05. The Bertz CT molecular complexity index is 588. The maximum absolute atomic E-state index is 12.6. The van der Waals surface area contributed by atoms with Crippen LogP contribution in [0.1, 0.15) is 55.8 Å². The molecule has 2 rings (SSSR count). The third kappa shape index (κ3) is 5.13. The second kappa shape index (κ2) is 10.0. The first-order valence-corrected chi connectivity index (χ1v) is 9.35. The zero-order valence-electron chi connectivity index (χ0n) is 16.0. The van der Waals surface area contributed by atoms with Crippen LogP contribution in [0.25, 0.3) is 0 Å². The van der Waals surface area contributed by atoms with E-state index in [1.165, 1.54) is 39.9 Å². The summed E-state index contributed by atoms with van der Waals surface area (Å²) in [6, 6.07) is 5.51. The van der Waals surface area contributed by atoms with Gasteiger partial charge in [0.05, 0.1) is 14.2 Å². The molecule has 26 heavy (non-hydrogen) atoms. The molecule has 1 aromatic carbocycles. The zero-order valence-corrected chi connectivity index (χ0v) is 16.0. The lowest BCUT2D eigenvalue weighted by Gasteiger charge is -2.30. The second-order valence-corrected chi connectivity index (χ2v) is 6.65. The Balaban J connectivity index is 1.99. The highest BCUT2D eigenvalue weighted by Gasteiger charge is 2.23. The molecule has 0 bridgehead atoms. The van der Waals surface area contributed by atoms with Crippen LogP contribution in [0.5, 0.6) is 11.5 Å². The van der Waals surface area contributed by atoms with E-state index in [2.05, 4.69) is 5.32 Å². The molecule has 1 aliphatic rings. The summed E-state index contributed by atoms with van der Waals surface area (Å²) in [5, 5.41) is 2.90. The second-order valence-electron chi connectivity index (χ2n) is 6.65. The van der Waals surface area contributed by atoms with Crippen molar-refractivity contribution in [1.82, 2.24) is 10.2 Å². The van der Waals surface area contributed by atoms with Crippen LogP contribution in [0, 0.1) is 0 Å². The van der Waals surface area contributed by atoms with Gasteiger partial charge in [-0.25, -0.2) is 0 Å². The molecule has 0 aromatic heterocycles. The number of carbonyl (C=O) groups is 2. The molecule has 2 amide bonds. The number of nitrogens with zero attached hydrogens (tertiary/aromatic N) is 1. The number of hydrogen-bond acceptors (Lipinski definition) is 4. The van der Waals surface area contributed by atoms with E-state index in [4.69, 9.17) is 9.47 Å². The zero-order chi connectivity index (χ0) is 18.9. The third-order valence-corrected chi connectivity index (χ3v) is 4.96. The van der Waals surface area contributed by atoms with E-state index in [0.29, 0.717) is 30.2 Å². The van der Waals surface area contributed by atoms with E-state index in [1.54, 1.807) is 25.1 Å². The largest absolute Gasteiger partial charge is 0.496 e. The van der Waals surface area contributed by atoms with Gasteiger partial charge in [-0.3, -0.25) is 9.59 Å². The number of nitrogens with one attached hydrogen (secondary N) is 1. The summed E-state index contributed by atoms with van der Waals surface area (Å²) in [4.78, 5) is 26.6. The molecule has 0 unspecified atom stereocenters. The lowest BCUT2D eigenvalue weighted by Crippen LogP contribution is -2.43. The van der Waals surface area contributed by atoms with Gasteiger partial charge in [-0.2, -0.15) is 0 Å². The van der Waals surface area contributed by atoms with E-state index in [9.17, 15) is 9.59 Å². The van der Waals surface area contributed by atoms with Gasteiger partial charge in [-0.05, 0) is 25.0 Å². The first-order chi connectivity index (χ1) is 12.6. The van der Waals surface area contributed by atoms with Crippen molar-refractivity contribution in [3.63, 3.8) is 0 Å². The summed E-state index contributed by atoms with van der Waals surface area (Å²) >= 11 is 0. The Hall–Kier alpha value is -2.24. The van der Waals surface area contributed by atoms with Gasteiger partial charge in [0, 0.05) is 26.1 Å². The smallest absolute Gasteiger partial charge is 0.258 e. The number of benzene rings is 1. The quantitative estimate of drug-likeness (QED) is 0.757. The topological polar surface area (TPSA) is 67.9 Å². The minimum Gasteiger partial charge on any atom is -0.496 e. The molecule has 144 valence electrons. The van der Waals surface area contributed by atoms with Crippen LogP contribution in [0.2, 0.25) is 0 Å². The van der Waals surface area contributed by atoms with Crippen molar-refractivity contribution in [1.29, 1.82) is 0 Å². The fourth-order valence-corrected chi connectivity index (χ4v) is 3.62. The summed E-state index contributed by atoms with van der Waals surface area (Å²) in [5.74, 6) is 0.743. The van der Waals surface area contributed by atoms with Crippen molar-refractivity contribution >= 4 is 11.8 Å². The van der Waals surface area contributed by atoms with Gasteiger partial charge < -0.3 is 19.7 Å². The molecule has 1 saturated carbocycles. The van der Waals surface area contributed by atoms with Gasteiger partial charge in [-0.15, -0.1) is 0 Å². The number of hydrogen-bond donors (Lipinski definition) is 1. The van der Waals surface area contributed by atoms with Gasteiger partial charge in [0.1, 0.15) is 17.1 Å². The normalized spacial score (nSPS) is 15.0. The van der Waals surface area contributed by atoms with Crippen molar-refractivity contribution in [2.45, 2.75) is 51.5 Å². The summed E-state index contributed by atoms with van der Waals surface area (Å²) in [5.41, 5.74) is 0.376. The molecular weight excluding hydrogens is 332 g/mol. The number of methoxy groups -OCH3 is 2. The van der Waals surface area contributed by atoms with Crippen LogP contribution in [-0.2, 0) is 4.79 Å². The van der Waals surface area contributed by atoms with Gasteiger partial charge in [0.15, 0.2) is 0 Å². The lowest BCUT2D eigenvalue weighted by molar-refractivity contribution is -0.131. The van der Waals surface area contributed by atoms with Gasteiger partial charge >= 0.3 is 0 Å². The molecule has 0 atom stereocenters. The average Bonchev–Trinajstić information content (AvgIpc) is 2.93. The van der Waals surface area contributed by atoms with Crippen LogP contribution in [-0.4, -0.2) is 50.1 Å². The Kier molecular flexibility index (Phi) is 7.75. The van der Waals surface area contributed by atoms with Crippen molar-refractivity contribution < 1.29 is 19.1 Å². The minimum absolute atomic E-state index is 0.0704. The van der Waals surface area contributed by atoms with Crippen molar-refractivity contribution in [2.75, 3.05) is 27.3 Å². The number of carbonyl (C=O) groups excluding carboxylic acids is 2. The molecule has 0 heterocycles. The molecule has 1 aliphatic carbocycles. The standard InChI is InChI=1S/C20H30N2O4/c1-15(23)22(16-9-6-4-5-7-10-16)14-13-21-20(24)19-17(25-2)11-8-12-18(19)26-3/h8,11-12,16H,4-7,9-10,13-14H2,1-3H3,(H,21,24). The third-order valence-electron chi connectivity index (χ3n) is 4.96. The molecule has 1 aromatic rings. The van der Waals surface area contributed by atoms with Crippen LogP contribution >= 0.6 is 0 Å². The Morgan fingerprint density at radius 2 is 1.65 bits per heavy atom. The summed E-state index contributed by atoms with van der Waals surface area (Å²) < 4.78 is 10.6. The number of ether oxygens (including phenoxy) is 2. The Labute approximate surface area is 155 Å². The van der Waals surface area contributed by atoms with Crippen LogP contribution < -0.4 is 14.8 Å². The number of amides is 2. The molecule has 0 spiro atoms. The monoisotopic (exact) mass is 362 g/mol. The average molecular weight is 362 g/mol. The lowest BCUT2D eigenvalue weighted by atomic mass is 10.1.